The smallest absolute Gasteiger partial charge is 0.228 e. The first-order valence-electron chi connectivity index (χ1n) is 6.83. The number of carbonyl (C=O) groups excluding carboxylic acids is 1. The molecule has 0 spiro atoms. The fourth-order valence-electron chi connectivity index (χ4n) is 1.74. The van der Waals surface area contributed by atoms with Gasteiger partial charge in [0.2, 0.25) is 5.91 Å². The summed E-state index contributed by atoms with van der Waals surface area (Å²) in [7, 11) is 1.84. The van der Waals surface area contributed by atoms with Crippen molar-refractivity contribution in [2.45, 2.75) is 40.2 Å². The van der Waals surface area contributed by atoms with Crippen LogP contribution in [0, 0.1) is 17.3 Å². The highest BCUT2D eigenvalue weighted by atomic mass is 32.1. The maximum atomic E-state index is 12.3. The normalized spacial score (nSPS) is 10.8. The van der Waals surface area contributed by atoms with Crippen molar-refractivity contribution in [3.8, 4) is 11.8 Å². The third-order valence-electron chi connectivity index (χ3n) is 3.33. The number of rotatable bonds is 5. The van der Waals surface area contributed by atoms with Crippen LogP contribution in [0.4, 0.5) is 0 Å². The van der Waals surface area contributed by atoms with E-state index in [0.717, 1.165) is 16.9 Å². The molecular formula is C16H23NO2S. The first-order chi connectivity index (χ1) is 9.40. The van der Waals surface area contributed by atoms with Gasteiger partial charge in [0.25, 0.3) is 0 Å². The summed E-state index contributed by atoms with van der Waals surface area (Å²) in [4.78, 5) is 15.0. The molecule has 0 unspecified atom stereocenters. The van der Waals surface area contributed by atoms with E-state index in [1.165, 1.54) is 0 Å². The van der Waals surface area contributed by atoms with Crippen LogP contribution in [-0.4, -0.2) is 29.6 Å². The predicted octanol–water partition coefficient (Wildman–Crippen LogP) is 2.88. The highest BCUT2D eigenvalue weighted by Gasteiger charge is 2.28. The molecular weight excluding hydrogens is 270 g/mol. The van der Waals surface area contributed by atoms with Gasteiger partial charge in [0.05, 0.1) is 11.5 Å². The second-order valence-electron chi connectivity index (χ2n) is 5.49. The van der Waals surface area contributed by atoms with Gasteiger partial charge in [-0.2, -0.15) is 0 Å². The summed E-state index contributed by atoms with van der Waals surface area (Å²) in [5, 5.41) is 10.7. The second-order valence-corrected chi connectivity index (χ2v) is 6.40. The van der Waals surface area contributed by atoms with E-state index in [1.54, 1.807) is 16.2 Å². The number of carbonyl (C=O) groups is 1. The molecule has 0 aliphatic carbocycles. The average Bonchev–Trinajstić information content (AvgIpc) is 2.85. The molecule has 1 aromatic rings. The summed E-state index contributed by atoms with van der Waals surface area (Å²) >= 11 is 1.57. The van der Waals surface area contributed by atoms with Gasteiger partial charge < -0.3 is 10.0 Å². The Bertz CT molecular complexity index is 508. The van der Waals surface area contributed by atoms with Crippen molar-refractivity contribution in [3.63, 3.8) is 0 Å². The largest absolute Gasteiger partial charge is 0.395 e. The molecule has 0 fully saturated rings. The van der Waals surface area contributed by atoms with Crippen molar-refractivity contribution in [1.82, 2.24) is 4.90 Å². The lowest BCUT2D eigenvalue weighted by molar-refractivity contribution is -0.139. The molecule has 1 aromatic heterocycles. The maximum absolute atomic E-state index is 12.3. The molecule has 1 rings (SSSR count). The van der Waals surface area contributed by atoms with Crippen LogP contribution in [0.15, 0.2) is 11.4 Å². The summed E-state index contributed by atoms with van der Waals surface area (Å²) in [5.74, 6) is 6.08. The molecule has 0 aromatic carbocycles. The van der Waals surface area contributed by atoms with E-state index in [1.807, 2.05) is 39.3 Å². The van der Waals surface area contributed by atoms with Gasteiger partial charge in [-0.25, -0.2) is 0 Å². The maximum Gasteiger partial charge on any atom is 0.228 e. The zero-order valence-corrected chi connectivity index (χ0v) is 13.5. The van der Waals surface area contributed by atoms with E-state index in [4.69, 9.17) is 5.11 Å². The summed E-state index contributed by atoms with van der Waals surface area (Å²) in [6, 6.07) is 2.01. The van der Waals surface area contributed by atoms with Crippen molar-refractivity contribution < 1.29 is 9.90 Å². The molecule has 1 heterocycles. The molecule has 1 amide bonds. The Labute approximate surface area is 125 Å². The minimum Gasteiger partial charge on any atom is -0.395 e. The zero-order chi connectivity index (χ0) is 15.2. The first-order valence-corrected chi connectivity index (χ1v) is 7.71. The Morgan fingerprint density at radius 1 is 1.50 bits per heavy atom. The number of hydrogen-bond acceptors (Lipinski definition) is 3. The van der Waals surface area contributed by atoms with Crippen LogP contribution < -0.4 is 0 Å². The lowest BCUT2D eigenvalue weighted by atomic mass is 9.88. The van der Waals surface area contributed by atoms with Crippen molar-refractivity contribution in [3.05, 3.63) is 21.9 Å². The highest BCUT2D eigenvalue weighted by Crippen LogP contribution is 2.24. The van der Waals surface area contributed by atoms with Crippen LogP contribution in [-0.2, 0) is 11.3 Å². The van der Waals surface area contributed by atoms with Gasteiger partial charge in [0.15, 0.2) is 0 Å². The number of aliphatic hydroxyl groups excluding tert-OH is 1. The van der Waals surface area contributed by atoms with E-state index < -0.39 is 0 Å². The van der Waals surface area contributed by atoms with Gasteiger partial charge >= 0.3 is 0 Å². The van der Waals surface area contributed by atoms with Crippen LogP contribution in [0.5, 0.6) is 0 Å². The van der Waals surface area contributed by atoms with Crippen molar-refractivity contribution in [2.75, 3.05) is 13.7 Å². The van der Waals surface area contributed by atoms with E-state index in [2.05, 4.69) is 11.8 Å². The lowest BCUT2D eigenvalue weighted by Crippen LogP contribution is -2.37. The molecule has 0 bridgehead atoms. The summed E-state index contributed by atoms with van der Waals surface area (Å²) in [6.45, 7) is 6.69. The van der Waals surface area contributed by atoms with E-state index in [-0.39, 0.29) is 17.9 Å². The number of hydrogen-bond donors (Lipinski definition) is 1. The van der Waals surface area contributed by atoms with Crippen molar-refractivity contribution >= 4 is 17.2 Å². The number of amides is 1. The monoisotopic (exact) mass is 293 g/mol. The SMILES string of the molecule is CCC(C)(C)C(=O)N(C)Cc1csc(C#CCCO)c1. The molecule has 0 radical (unpaired) electrons. The Hall–Kier alpha value is -1.31. The van der Waals surface area contributed by atoms with Gasteiger partial charge in [0, 0.05) is 25.4 Å². The van der Waals surface area contributed by atoms with Crippen LogP contribution in [0.2, 0.25) is 0 Å². The van der Waals surface area contributed by atoms with Gasteiger partial charge in [-0.3, -0.25) is 4.79 Å². The zero-order valence-electron chi connectivity index (χ0n) is 12.7. The number of nitrogens with zero attached hydrogens (tertiary/aromatic N) is 1. The molecule has 110 valence electrons. The third kappa shape index (κ3) is 4.66. The highest BCUT2D eigenvalue weighted by molar-refractivity contribution is 7.10. The van der Waals surface area contributed by atoms with Crippen LogP contribution in [0.25, 0.3) is 0 Å². The summed E-state index contributed by atoms with van der Waals surface area (Å²) in [6.07, 6.45) is 1.33. The topological polar surface area (TPSA) is 40.5 Å². The first kappa shape index (κ1) is 16.7. The average molecular weight is 293 g/mol. The Balaban J connectivity index is 2.66. The lowest BCUT2D eigenvalue weighted by Gasteiger charge is -2.28. The van der Waals surface area contributed by atoms with E-state index in [9.17, 15) is 4.79 Å². The number of aliphatic hydroxyl groups is 1. The molecule has 0 saturated carbocycles. The molecule has 20 heavy (non-hydrogen) atoms. The third-order valence-corrected chi connectivity index (χ3v) is 4.23. The molecule has 0 saturated heterocycles. The van der Waals surface area contributed by atoms with Gasteiger partial charge in [0.1, 0.15) is 0 Å². The quantitative estimate of drug-likeness (QED) is 0.848. The van der Waals surface area contributed by atoms with E-state index in [0.29, 0.717) is 13.0 Å². The summed E-state index contributed by atoms with van der Waals surface area (Å²) in [5.41, 5.74) is 0.792. The standard InChI is InChI=1S/C16H23NO2S/c1-5-16(2,3)15(19)17(4)11-13-10-14(20-12-13)8-6-7-9-18/h10,12,18H,5,7,9,11H2,1-4H3. The molecule has 4 heteroatoms. The fraction of sp³-hybridized carbons (Fsp3) is 0.562. The van der Waals surface area contributed by atoms with Crippen LogP contribution >= 0.6 is 11.3 Å². The molecule has 1 N–H and O–H groups in total. The molecule has 0 aliphatic rings. The fourth-order valence-corrected chi connectivity index (χ4v) is 2.51. The second kappa shape index (κ2) is 7.47. The van der Waals surface area contributed by atoms with Gasteiger partial charge in [-0.05, 0) is 23.4 Å². The van der Waals surface area contributed by atoms with Gasteiger partial charge in [-0.1, -0.05) is 32.6 Å². The minimum absolute atomic E-state index is 0.0918. The van der Waals surface area contributed by atoms with Crippen LogP contribution in [0.3, 0.4) is 0 Å². The molecule has 0 aliphatic heterocycles. The Kier molecular flexibility index (Phi) is 6.25. The van der Waals surface area contributed by atoms with E-state index >= 15 is 0 Å². The summed E-state index contributed by atoms with van der Waals surface area (Å²) < 4.78 is 0. The number of thiophene rings is 1. The van der Waals surface area contributed by atoms with Crippen LogP contribution in [0.1, 0.15) is 44.1 Å². The molecule has 0 atom stereocenters. The van der Waals surface area contributed by atoms with Crippen molar-refractivity contribution in [1.29, 1.82) is 0 Å². The Morgan fingerprint density at radius 2 is 2.20 bits per heavy atom. The predicted molar refractivity (Wildman–Crippen MR) is 83.4 cm³/mol. The van der Waals surface area contributed by atoms with Crippen molar-refractivity contribution in [2.24, 2.45) is 5.41 Å². The minimum atomic E-state index is -0.311. The van der Waals surface area contributed by atoms with Gasteiger partial charge in [-0.15, -0.1) is 11.3 Å². The molecule has 3 nitrogen and oxygen atoms in total. The Morgan fingerprint density at radius 3 is 2.80 bits per heavy atom.